The lowest BCUT2D eigenvalue weighted by Crippen LogP contribution is -2.43. The van der Waals surface area contributed by atoms with Gasteiger partial charge in [-0.3, -0.25) is 14.3 Å². The van der Waals surface area contributed by atoms with Gasteiger partial charge in [0.15, 0.2) is 0 Å². The van der Waals surface area contributed by atoms with Crippen molar-refractivity contribution in [2.75, 3.05) is 18.9 Å². The Morgan fingerprint density at radius 2 is 2.37 bits per heavy atom. The third-order valence-electron chi connectivity index (χ3n) is 3.11. The van der Waals surface area contributed by atoms with Gasteiger partial charge in [-0.05, 0) is 19.4 Å². The molecule has 7 heteroatoms. The van der Waals surface area contributed by atoms with E-state index in [1.807, 2.05) is 0 Å². The molecule has 1 atom stereocenters. The molecule has 0 bridgehead atoms. The number of nitrogens with one attached hydrogen (secondary N) is 3. The Morgan fingerprint density at radius 3 is 3.05 bits per heavy atom. The second kappa shape index (κ2) is 6.33. The first kappa shape index (κ1) is 13.5. The Labute approximate surface area is 111 Å². The molecule has 3 N–H and O–H groups in total. The lowest BCUT2D eigenvalue weighted by atomic mass is 10.0. The molecule has 0 unspecified atom stereocenters. The monoisotopic (exact) mass is 265 g/mol. The number of amides is 2. The molecule has 19 heavy (non-hydrogen) atoms. The highest BCUT2D eigenvalue weighted by Crippen LogP contribution is 2.10. The van der Waals surface area contributed by atoms with E-state index < -0.39 is 0 Å². The molecule has 1 fully saturated rings. The highest BCUT2D eigenvalue weighted by Gasteiger charge is 2.20. The maximum absolute atomic E-state index is 12.0. The minimum atomic E-state index is -0.130. The van der Waals surface area contributed by atoms with E-state index >= 15 is 0 Å². The number of hydrogen-bond donors (Lipinski definition) is 3. The summed E-state index contributed by atoms with van der Waals surface area (Å²) >= 11 is 0. The summed E-state index contributed by atoms with van der Waals surface area (Å²) < 4.78 is 1.49. The van der Waals surface area contributed by atoms with E-state index in [1.54, 1.807) is 19.4 Å². The number of piperidine rings is 1. The van der Waals surface area contributed by atoms with Crippen LogP contribution in [0.2, 0.25) is 0 Å². The molecule has 1 aliphatic heterocycles. The van der Waals surface area contributed by atoms with Crippen LogP contribution in [-0.4, -0.2) is 41.2 Å². The van der Waals surface area contributed by atoms with Gasteiger partial charge in [-0.25, -0.2) is 0 Å². The number of hydrogen-bond acceptors (Lipinski definition) is 4. The van der Waals surface area contributed by atoms with E-state index in [9.17, 15) is 9.59 Å². The summed E-state index contributed by atoms with van der Waals surface area (Å²) in [6.07, 6.45) is 6.24. The van der Waals surface area contributed by atoms with Crippen LogP contribution >= 0.6 is 0 Å². The van der Waals surface area contributed by atoms with Gasteiger partial charge in [-0.1, -0.05) is 6.42 Å². The summed E-state index contributed by atoms with van der Waals surface area (Å²) in [6.45, 7) is 1.03. The predicted octanol–water partition coefficient (Wildman–Crippen LogP) is -0.290. The smallest absolute Gasteiger partial charge is 0.241 e. The standard InChI is InChI=1S/C12H19N5O2/c1-13-11(18)8-17-7-9(6-15-17)16-12(19)10-4-2-3-5-14-10/h6-7,10,14H,2-5,8H2,1H3,(H,13,18)(H,16,19)/t10-/m1/s1. The Bertz CT molecular complexity index is 451. The van der Waals surface area contributed by atoms with E-state index in [0.717, 1.165) is 25.8 Å². The number of carbonyl (C=O) groups excluding carboxylic acids is 2. The average Bonchev–Trinajstić information content (AvgIpc) is 2.86. The molecule has 2 amide bonds. The highest BCUT2D eigenvalue weighted by atomic mass is 16.2. The number of rotatable bonds is 4. The number of nitrogens with zero attached hydrogens (tertiary/aromatic N) is 2. The molecule has 0 aromatic carbocycles. The van der Waals surface area contributed by atoms with Crippen LogP contribution in [-0.2, 0) is 16.1 Å². The van der Waals surface area contributed by atoms with Crippen LogP contribution < -0.4 is 16.0 Å². The minimum Gasteiger partial charge on any atom is -0.358 e. The molecule has 104 valence electrons. The number of aromatic nitrogens is 2. The van der Waals surface area contributed by atoms with Gasteiger partial charge in [0.05, 0.1) is 17.9 Å². The van der Waals surface area contributed by atoms with E-state index in [-0.39, 0.29) is 24.4 Å². The Morgan fingerprint density at radius 1 is 1.53 bits per heavy atom. The second-order valence-corrected chi connectivity index (χ2v) is 4.59. The first-order valence-corrected chi connectivity index (χ1v) is 6.46. The molecule has 0 aliphatic carbocycles. The largest absolute Gasteiger partial charge is 0.358 e. The van der Waals surface area contributed by atoms with Crippen molar-refractivity contribution in [1.29, 1.82) is 0 Å². The first-order valence-electron chi connectivity index (χ1n) is 6.46. The van der Waals surface area contributed by atoms with Crippen LogP contribution in [0.1, 0.15) is 19.3 Å². The van der Waals surface area contributed by atoms with Gasteiger partial charge in [0.2, 0.25) is 11.8 Å². The maximum atomic E-state index is 12.0. The van der Waals surface area contributed by atoms with Crippen molar-refractivity contribution in [2.24, 2.45) is 0 Å². The summed E-state index contributed by atoms with van der Waals surface area (Å²) in [7, 11) is 1.57. The molecular formula is C12H19N5O2. The summed E-state index contributed by atoms with van der Waals surface area (Å²) in [5, 5.41) is 12.5. The van der Waals surface area contributed by atoms with Gasteiger partial charge in [-0.15, -0.1) is 0 Å². The fraction of sp³-hybridized carbons (Fsp3) is 0.583. The highest BCUT2D eigenvalue weighted by molar-refractivity contribution is 5.94. The van der Waals surface area contributed by atoms with Gasteiger partial charge in [0.25, 0.3) is 0 Å². The molecule has 1 saturated heterocycles. The summed E-state index contributed by atoms with van der Waals surface area (Å²) in [6, 6.07) is -0.129. The zero-order valence-corrected chi connectivity index (χ0v) is 11.0. The SMILES string of the molecule is CNC(=O)Cn1cc(NC(=O)[C@H]2CCCCN2)cn1. The predicted molar refractivity (Wildman–Crippen MR) is 70.6 cm³/mol. The molecule has 0 radical (unpaired) electrons. The molecule has 1 aromatic rings. The van der Waals surface area contributed by atoms with Crippen LogP contribution in [0.4, 0.5) is 5.69 Å². The zero-order valence-electron chi connectivity index (χ0n) is 11.0. The molecule has 7 nitrogen and oxygen atoms in total. The fourth-order valence-corrected chi connectivity index (χ4v) is 2.05. The quantitative estimate of drug-likeness (QED) is 0.698. The number of likely N-dealkylation sites (N-methyl/N-ethyl adjacent to an activating group) is 1. The fourth-order valence-electron chi connectivity index (χ4n) is 2.05. The van der Waals surface area contributed by atoms with Crippen molar-refractivity contribution in [3.63, 3.8) is 0 Å². The van der Waals surface area contributed by atoms with Gasteiger partial charge >= 0.3 is 0 Å². The third kappa shape index (κ3) is 3.78. The number of anilines is 1. The molecular weight excluding hydrogens is 246 g/mol. The normalized spacial score (nSPS) is 18.9. The van der Waals surface area contributed by atoms with Gasteiger partial charge < -0.3 is 16.0 Å². The van der Waals surface area contributed by atoms with Crippen molar-refractivity contribution >= 4 is 17.5 Å². The van der Waals surface area contributed by atoms with Crippen molar-refractivity contribution in [3.8, 4) is 0 Å². The number of carbonyl (C=O) groups is 2. The van der Waals surface area contributed by atoms with Crippen LogP contribution in [0, 0.1) is 0 Å². The van der Waals surface area contributed by atoms with Crippen LogP contribution in [0.25, 0.3) is 0 Å². The van der Waals surface area contributed by atoms with Crippen LogP contribution in [0.5, 0.6) is 0 Å². The van der Waals surface area contributed by atoms with Gasteiger partial charge in [-0.2, -0.15) is 5.10 Å². The summed E-state index contributed by atoms with van der Waals surface area (Å²) in [4.78, 5) is 23.2. The molecule has 2 heterocycles. The van der Waals surface area contributed by atoms with Crippen molar-refractivity contribution in [1.82, 2.24) is 20.4 Å². The summed E-state index contributed by atoms with van der Waals surface area (Å²) in [5.74, 6) is -0.172. The minimum absolute atomic E-state index is 0.0424. The van der Waals surface area contributed by atoms with Crippen LogP contribution in [0.3, 0.4) is 0 Å². The zero-order chi connectivity index (χ0) is 13.7. The van der Waals surface area contributed by atoms with Crippen molar-refractivity contribution < 1.29 is 9.59 Å². The van der Waals surface area contributed by atoms with Crippen molar-refractivity contribution in [3.05, 3.63) is 12.4 Å². The van der Waals surface area contributed by atoms with Crippen molar-refractivity contribution in [2.45, 2.75) is 31.8 Å². The molecule has 1 aliphatic rings. The first-order chi connectivity index (χ1) is 9.19. The average molecular weight is 265 g/mol. The Balaban J connectivity index is 1.88. The molecule has 0 saturated carbocycles. The van der Waals surface area contributed by atoms with E-state index in [2.05, 4.69) is 21.0 Å². The lowest BCUT2D eigenvalue weighted by molar-refractivity contribution is -0.121. The summed E-state index contributed by atoms with van der Waals surface area (Å²) in [5.41, 5.74) is 0.612. The lowest BCUT2D eigenvalue weighted by Gasteiger charge is -2.22. The maximum Gasteiger partial charge on any atom is 0.241 e. The second-order valence-electron chi connectivity index (χ2n) is 4.59. The Kier molecular flexibility index (Phi) is 4.51. The molecule has 1 aromatic heterocycles. The molecule has 0 spiro atoms. The van der Waals surface area contributed by atoms with Gasteiger partial charge in [0, 0.05) is 13.2 Å². The Hall–Kier alpha value is -1.89. The van der Waals surface area contributed by atoms with Gasteiger partial charge in [0.1, 0.15) is 6.54 Å². The molecule has 2 rings (SSSR count). The van der Waals surface area contributed by atoms with E-state index in [0.29, 0.717) is 5.69 Å². The van der Waals surface area contributed by atoms with E-state index in [4.69, 9.17) is 0 Å². The third-order valence-corrected chi connectivity index (χ3v) is 3.11. The topological polar surface area (TPSA) is 88.0 Å². The van der Waals surface area contributed by atoms with E-state index in [1.165, 1.54) is 4.68 Å². The van der Waals surface area contributed by atoms with Crippen LogP contribution in [0.15, 0.2) is 12.4 Å².